The van der Waals surface area contributed by atoms with Crippen molar-refractivity contribution in [3.05, 3.63) is 42.7 Å². The van der Waals surface area contributed by atoms with Crippen LogP contribution in [0.5, 0.6) is 0 Å². The summed E-state index contributed by atoms with van der Waals surface area (Å²) in [5.74, 6) is -4.55. The van der Waals surface area contributed by atoms with E-state index in [4.69, 9.17) is 51.4 Å². The van der Waals surface area contributed by atoms with Gasteiger partial charge in [0.2, 0.25) is 27.2 Å². The lowest BCUT2D eigenvalue weighted by Gasteiger charge is -2.26. The predicted octanol–water partition coefficient (Wildman–Crippen LogP) is -0.686. The van der Waals surface area contributed by atoms with Gasteiger partial charge in [0.05, 0.1) is 19.5 Å². The Balaban J connectivity index is 1.33. The van der Waals surface area contributed by atoms with Crippen LogP contribution in [0.25, 0.3) is 11.2 Å². The molecule has 2 aliphatic heterocycles. The first-order chi connectivity index (χ1) is 32.0. The van der Waals surface area contributed by atoms with E-state index in [2.05, 4.69) is 33.9 Å². The van der Waals surface area contributed by atoms with Crippen molar-refractivity contribution >= 4 is 70.3 Å². The van der Waals surface area contributed by atoms with Crippen molar-refractivity contribution in [3.8, 4) is 0 Å². The molecule has 10 atom stereocenters. The second-order valence-electron chi connectivity index (χ2n) is 13.7. The minimum Gasteiger partial charge on any atom is -0.438 e. The summed E-state index contributed by atoms with van der Waals surface area (Å²) in [6, 6.07) is 2.65. The molecule has 5 heterocycles. The molecule has 32 nitrogen and oxygen atoms in total. The summed E-state index contributed by atoms with van der Waals surface area (Å²) in [6.45, 7) is -2.24. The van der Waals surface area contributed by atoms with Crippen LogP contribution in [0, 0.1) is 0 Å². The lowest BCUT2D eigenvalue weighted by atomic mass is 10.1. The zero-order chi connectivity index (χ0) is 50.0. The molecule has 3 aromatic rings. The summed E-state index contributed by atoms with van der Waals surface area (Å²) >= 11 is 0. The molecule has 35 heteroatoms. The maximum atomic E-state index is 14.0. The van der Waals surface area contributed by atoms with Gasteiger partial charge in [-0.25, -0.2) is 47.0 Å². The van der Waals surface area contributed by atoms with Crippen molar-refractivity contribution in [2.45, 2.75) is 76.8 Å². The zero-order valence-corrected chi connectivity index (χ0v) is 38.4. The number of fused-ring (bicyclic) bond motifs is 1. The van der Waals surface area contributed by atoms with E-state index < -0.39 is 143 Å². The van der Waals surface area contributed by atoms with Gasteiger partial charge in [0.1, 0.15) is 47.9 Å². The lowest BCUT2D eigenvalue weighted by molar-refractivity contribution is -0.765. The Hall–Kier alpha value is -4.98. The number of nitrogens with zero attached hydrogens (tertiary/aromatic N) is 5. The number of aliphatic hydroxyl groups is 3. The van der Waals surface area contributed by atoms with Gasteiger partial charge in [-0.15, -0.1) is 0 Å². The van der Waals surface area contributed by atoms with Crippen LogP contribution >= 0.6 is 23.5 Å². The van der Waals surface area contributed by atoms with Gasteiger partial charge >= 0.3 is 53.3 Å². The number of phosphoric ester groups is 3. The van der Waals surface area contributed by atoms with Gasteiger partial charge in [-0.2, -0.15) is 8.88 Å². The van der Waals surface area contributed by atoms with Gasteiger partial charge in [-0.05, 0) is 6.07 Å². The van der Waals surface area contributed by atoms with E-state index in [1.165, 1.54) is 18.3 Å². The van der Waals surface area contributed by atoms with Gasteiger partial charge in [0.25, 0.3) is 6.23 Å². The van der Waals surface area contributed by atoms with Crippen LogP contribution in [0.15, 0.2) is 37.2 Å². The third-order valence-corrected chi connectivity index (χ3v) is 13.1. The number of carbonyl (C=O) groups excluding carboxylic acids is 5. The number of hydrogen-bond donors (Lipinski definition) is 5. The van der Waals surface area contributed by atoms with E-state index in [1.54, 1.807) is 0 Å². The van der Waals surface area contributed by atoms with Crippen LogP contribution in [0.2, 0.25) is 0 Å². The third kappa shape index (κ3) is 14.8. The Morgan fingerprint density at radius 2 is 1.31 bits per heavy atom. The number of carbonyl (C=O) groups is 5. The van der Waals surface area contributed by atoms with Crippen LogP contribution in [-0.2, 0) is 97.5 Å². The minimum absolute atomic E-state index is 0.00423. The third-order valence-electron chi connectivity index (χ3n) is 8.79. The molecule has 0 aliphatic carbocycles. The number of phosphoric acid groups is 3. The monoisotopic (exact) mass is 1030 g/mol. The molecule has 2 saturated heterocycles. The number of nitrogen functional groups attached to an aromatic ring is 1. The van der Waals surface area contributed by atoms with Crippen LogP contribution < -0.4 is 10.3 Å². The number of ether oxygens (including phenoxy) is 7. The fourth-order valence-electron chi connectivity index (χ4n) is 5.72. The molecule has 6 N–H and O–H groups in total. The number of imidazole rings is 1. The molecule has 0 amide bonds. The summed E-state index contributed by atoms with van der Waals surface area (Å²) in [6.07, 6.45) is -9.53. The quantitative estimate of drug-likeness (QED) is 0.0244. The molecule has 5 rings (SSSR count). The van der Waals surface area contributed by atoms with Crippen molar-refractivity contribution in [1.82, 2.24) is 19.5 Å². The molecule has 0 bridgehead atoms. The van der Waals surface area contributed by atoms with Crippen molar-refractivity contribution in [3.63, 3.8) is 0 Å². The number of aliphatic hydroxyl groups excluding tert-OH is 3. The van der Waals surface area contributed by atoms with E-state index in [0.29, 0.717) is 0 Å². The number of hydrogen-bond acceptors (Lipinski definition) is 29. The number of aromatic nitrogens is 5. The Bertz CT molecular complexity index is 2420. The fourth-order valence-corrected chi connectivity index (χ4v) is 9.30. The van der Waals surface area contributed by atoms with Crippen molar-refractivity contribution in [2.75, 3.05) is 46.1 Å². The average Bonchev–Trinajstić information content (AvgIpc) is 3.91. The number of anilines is 1. The first kappa shape index (κ1) is 54.0. The maximum absolute atomic E-state index is 14.0. The lowest BCUT2D eigenvalue weighted by Crippen LogP contribution is -2.46. The number of rotatable bonds is 24. The summed E-state index contributed by atoms with van der Waals surface area (Å²) in [5, 5.41) is 33.1. The highest BCUT2D eigenvalue weighted by Gasteiger charge is 2.53. The molecule has 0 aromatic carbocycles. The van der Waals surface area contributed by atoms with Gasteiger partial charge in [0.15, 0.2) is 36.2 Å². The number of esters is 5. The minimum atomic E-state index is -5.68. The van der Waals surface area contributed by atoms with Crippen molar-refractivity contribution in [2.24, 2.45) is 0 Å². The SMILES string of the molecule is CC(=O)OCOC(=O)c1ccc[n+]([C@@H]2O[C@H](COP(=O)(O)OP(=O)(OCOC(C)=O)OC[C@H]3O[C@@H](n4cnc5c(N)ncnc54)[C@H](OP(=O)(OCOC(C)=O)OCOC(C)=O)[C@@H]3O)[C@@H](O)[C@H]2O)c1. The fraction of sp³-hybridized carbons (Fsp3) is 0.545. The van der Waals surface area contributed by atoms with Gasteiger partial charge in [-0.1, -0.05) is 0 Å². The molecule has 2 unspecified atom stereocenters. The second-order valence-corrected chi connectivity index (χ2v) is 18.5. The Morgan fingerprint density at radius 1 is 0.735 bits per heavy atom. The number of pyridine rings is 1. The zero-order valence-electron chi connectivity index (χ0n) is 35.8. The van der Waals surface area contributed by atoms with E-state index in [9.17, 15) is 57.9 Å². The molecule has 0 saturated carbocycles. The normalized spacial score (nSPS) is 24.4. The standard InChI is InChI=1S/C33H43N6O26P3/c1-17(40)52-13-56-33(47)21-6-5-7-38(8-21)31-27(46)25(44)22(62-31)9-57-66(48,49)65-68(51,61-16-55-20(4)43)58-10-23-26(45)28(32(63-23)39-12-37-24-29(34)35-11-36-30(24)39)64-67(50,59-14-53-18(2)41)60-15-54-19(3)42/h5-8,11-12,22-23,25-28,31-32,44-46H,9-10,13-16H2,1-4H3,(H2-,34,35,36,48,49)/p+1/t22-,23-,25-,26-,27-,28-,31-,32-,68?/m1/s1. The molecule has 0 spiro atoms. The highest BCUT2D eigenvalue weighted by molar-refractivity contribution is 7.61. The summed E-state index contributed by atoms with van der Waals surface area (Å²) < 4.78 is 114. The molecule has 2 fully saturated rings. The maximum Gasteiger partial charge on any atom is 0.486 e. The van der Waals surface area contributed by atoms with Crippen LogP contribution in [0.1, 0.15) is 50.5 Å². The van der Waals surface area contributed by atoms with Gasteiger partial charge < -0.3 is 59.1 Å². The van der Waals surface area contributed by atoms with E-state index >= 15 is 0 Å². The Kier molecular flexibility index (Phi) is 18.7. The number of nitrogens with two attached hydrogens (primary N) is 1. The molecule has 2 aliphatic rings. The molecule has 3 aromatic heterocycles. The summed E-state index contributed by atoms with van der Waals surface area (Å²) in [5.41, 5.74) is 5.76. The Labute approximate surface area is 382 Å². The summed E-state index contributed by atoms with van der Waals surface area (Å²) in [7, 11) is -16.3. The predicted molar refractivity (Wildman–Crippen MR) is 210 cm³/mol. The Morgan fingerprint density at radius 3 is 1.93 bits per heavy atom. The van der Waals surface area contributed by atoms with Crippen molar-refractivity contribution in [1.29, 1.82) is 0 Å². The van der Waals surface area contributed by atoms with E-state index in [1.807, 2.05) is 0 Å². The highest BCUT2D eigenvalue weighted by Crippen LogP contribution is 2.64. The van der Waals surface area contributed by atoms with E-state index in [-0.39, 0.29) is 22.5 Å². The molecule has 68 heavy (non-hydrogen) atoms. The average molecular weight is 1030 g/mol. The molecule has 376 valence electrons. The van der Waals surface area contributed by atoms with Crippen LogP contribution in [-0.4, -0.2) is 147 Å². The van der Waals surface area contributed by atoms with E-state index in [0.717, 1.165) is 55.7 Å². The van der Waals surface area contributed by atoms with Crippen molar-refractivity contribution < 1.29 is 127 Å². The topological polar surface area (TPSA) is 420 Å². The first-order valence-electron chi connectivity index (χ1n) is 19.1. The second kappa shape index (κ2) is 23.6. The smallest absolute Gasteiger partial charge is 0.438 e. The van der Waals surface area contributed by atoms with Gasteiger partial charge in [-0.3, -0.25) is 37.3 Å². The first-order valence-corrected chi connectivity index (χ1v) is 23.6. The van der Waals surface area contributed by atoms with Crippen LogP contribution in [0.4, 0.5) is 5.82 Å². The largest absolute Gasteiger partial charge is 0.486 e. The molecule has 0 radical (unpaired) electrons. The molecular weight excluding hydrogens is 989 g/mol. The van der Waals surface area contributed by atoms with Gasteiger partial charge in [0, 0.05) is 33.8 Å². The highest BCUT2D eigenvalue weighted by atomic mass is 31.3. The van der Waals surface area contributed by atoms with Crippen LogP contribution in [0.3, 0.4) is 0 Å². The molecular formula is C33H44N6O26P3+. The summed E-state index contributed by atoms with van der Waals surface area (Å²) in [4.78, 5) is 80.5.